The summed E-state index contributed by atoms with van der Waals surface area (Å²) in [7, 11) is -4.12. The number of esters is 1. The Morgan fingerprint density at radius 2 is 1.58 bits per heavy atom. The van der Waals surface area contributed by atoms with Crippen LogP contribution in [0.5, 0.6) is 5.75 Å². The average molecular weight is 466 g/mol. The van der Waals surface area contributed by atoms with Crippen molar-refractivity contribution in [1.82, 2.24) is 5.32 Å². The van der Waals surface area contributed by atoms with Crippen LogP contribution < -0.4 is 39.6 Å². The fraction of sp³-hybridized carbons (Fsp3) is 0.636. The van der Waals surface area contributed by atoms with Crippen molar-refractivity contribution in [2.75, 3.05) is 0 Å². The van der Waals surface area contributed by atoms with Gasteiger partial charge in [-0.3, -0.25) is 9.35 Å². The first-order valence-corrected chi connectivity index (χ1v) is 12.4. The molecule has 7 nitrogen and oxygen atoms in total. The maximum absolute atomic E-state index is 12.5. The first kappa shape index (κ1) is 30.1. The monoisotopic (exact) mass is 465 g/mol. The van der Waals surface area contributed by atoms with Crippen LogP contribution >= 0.6 is 0 Å². The molecule has 2 N–H and O–H groups in total. The Hall–Kier alpha value is -0.930. The molecule has 0 heterocycles. The van der Waals surface area contributed by atoms with Gasteiger partial charge in [0.05, 0.1) is 0 Å². The molecule has 0 spiro atoms. The van der Waals surface area contributed by atoms with E-state index in [4.69, 9.17) is 9.29 Å². The molecular weight excluding hydrogens is 429 g/mol. The van der Waals surface area contributed by atoms with E-state index in [9.17, 15) is 18.0 Å². The molecule has 1 aromatic carbocycles. The topological polar surface area (TPSA) is 110 Å². The number of rotatable bonds is 15. The molecule has 0 saturated heterocycles. The molecule has 9 heteroatoms. The van der Waals surface area contributed by atoms with Crippen LogP contribution in [0.1, 0.15) is 85.0 Å². The molecule has 0 aliphatic carbocycles. The van der Waals surface area contributed by atoms with Crippen molar-refractivity contribution < 1.29 is 58.3 Å². The van der Waals surface area contributed by atoms with E-state index in [1.807, 2.05) is 6.92 Å². The third-order valence-corrected chi connectivity index (χ3v) is 5.41. The normalized spacial score (nSPS) is 12.0. The third-order valence-electron chi connectivity index (χ3n) is 4.71. The van der Waals surface area contributed by atoms with E-state index in [1.54, 1.807) is 0 Å². The van der Waals surface area contributed by atoms with Crippen molar-refractivity contribution in [3.63, 3.8) is 0 Å². The van der Waals surface area contributed by atoms with Crippen LogP contribution in [0.2, 0.25) is 0 Å². The van der Waals surface area contributed by atoms with Crippen LogP contribution in [0.25, 0.3) is 0 Å². The predicted octanol–water partition coefficient (Wildman–Crippen LogP) is 1.52. The zero-order chi connectivity index (χ0) is 22.4. The van der Waals surface area contributed by atoms with Crippen LogP contribution in [-0.2, 0) is 25.5 Å². The Morgan fingerprint density at radius 3 is 2.16 bits per heavy atom. The molecule has 31 heavy (non-hydrogen) atoms. The van der Waals surface area contributed by atoms with Gasteiger partial charge in [-0.2, -0.15) is 8.42 Å². The quantitative estimate of drug-likeness (QED) is 0.134. The third kappa shape index (κ3) is 14.7. The second-order valence-electron chi connectivity index (χ2n) is 7.57. The van der Waals surface area contributed by atoms with E-state index in [1.165, 1.54) is 43.5 Å². The van der Waals surface area contributed by atoms with Crippen molar-refractivity contribution in [2.24, 2.45) is 0 Å². The largest absolute Gasteiger partial charge is 1.00 e. The average Bonchev–Trinajstić information content (AvgIpc) is 2.68. The van der Waals surface area contributed by atoms with Gasteiger partial charge in [-0.05, 0) is 30.5 Å². The summed E-state index contributed by atoms with van der Waals surface area (Å²) in [5, 5.41) is 2.79. The number of carbonyl (C=O) groups excluding carboxylic acids is 2. The van der Waals surface area contributed by atoms with Crippen LogP contribution in [0.4, 0.5) is 0 Å². The van der Waals surface area contributed by atoms with Gasteiger partial charge in [-0.25, -0.2) is 4.79 Å². The van der Waals surface area contributed by atoms with Crippen LogP contribution in [0.15, 0.2) is 24.3 Å². The van der Waals surface area contributed by atoms with Gasteiger partial charge in [0, 0.05) is 6.42 Å². The number of carbonyl (C=O) groups is 2. The minimum Gasteiger partial charge on any atom is -1.00 e. The van der Waals surface area contributed by atoms with E-state index in [2.05, 4.69) is 12.2 Å². The molecule has 1 aromatic rings. The molecule has 0 bridgehead atoms. The summed E-state index contributed by atoms with van der Waals surface area (Å²) in [5.41, 5.74) is 0.382. The van der Waals surface area contributed by atoms with Crippen LogP contribution in [-0.4, -0.2) is 30.9 Å². The van der Waals surface area contributed by atoms with Crippen molar-refractivity contribution >= 4 is 22.0 Å². The Bertz CT molecular complexity index is 758. The number of benzene rings is 1. The second kappa shape index (κ2) is 16.7. The molecule has 0 aromatic heterocycles. The zero-order valence-electron chi connectivity index (χ0n) is 20.1. The summed E-state index contributed by atoms with van der Waals surface area (Å²) in [5.74, 6) is -0.936. The predicted molar refractivity (Wildman–Crippen MR) is 118 cm³/mol. The number of amides is 1. The Kier molecular flexibility index (Phi) is 16.2. The Labute approximate surface area is 210 Å². The van der Waals surface area contributed by atoms with Crippen molar-refractivity contribution in [3.8, 4) is 5.75 Å². The van der Waals surface area contributed by atoms with E-state index in [0.29, 0.717) is 18.4 Å². The molecular formula is C22H36NNaO6S. The zero-order valence-corrected chi connectivity index (χ0v) is 21.9. The van der Waals surface area contributed by atoms with E-state index < -0.39 is 27.9 Å². The Balaban J connectivity index is 0. The molecule has 0 aliphatic rings. The second-order valence-corrected chi connectivity index (χ2v) is 9.02. The smallest absolute Gasteiger partial charge is 1.00 e. The molecule has 0 radical (unpaired) electrons. The fourth-order valence-electron chi connectivity index (χ4n) is 3.04. The van der Waals surface area contributed by atoms with Crippen molar-refractivity contribution in [2.45, 2.75) is 89.9 Å². The van der Waals surface area contributed by atoms with Gasteiger partial charge in [0.15, 0.2) is 0 Å². The SMILES string of the molecule is CCCCCCCCC(=O)NC(CCCC)C(=O)Oc1ccc(CS(=O)(=O)O)cc1.[H-].[Na+]. The van der Waals surface area contributed by atoms with Gasteiger partial charge in [-0.1, -0.05) is 70.9 Å². The maximum atomic E-state index is 12.5. The van der Waals surface area contributed by atoms with Crippen molar-refractivity contribution in [3.05, 3.63) is 29.8 Å². The summed E-state index contributed by atoms with van der Waals surface area (Å²) < 4.78 is 36.1. The molecule has 0 aliphatic heterocycles. The first-order valence-electron chi connectivity index (χ1n) is 10.8. The van der Waals surface area contributed by atoms with E-state index >= 15 is 0 Å². The van der Waals surface area contributed by atoms with Gasteiger partial charge in [0.2, 0.25) is 5.91 Å². The summed E-state index contributed by atoms with van der Waals surface area (Å²) >= 11 is 0. The molecule has 1 unspecified atom stereocenters. The van der Waals surface area contributed by atoms with Gasteiger partial charge < -0.3 is 11.5 Å². The van der Waals surface area contributed by atoms with Gasteiger partial charge in [-0.15, -0.1) is 0 Å². The van der Waals surface area contributed by atoms with Crippen molar-refractivity contribution in [1.29, 1.82) is 0 Å². The summed E-state index contributed by atoms with van der Waals surface area (Å²) in [6.07, 6.45) is 9.09. The molecule has 1 amide bonds. The minimum atomic E-state index is -4.12. The standard InChI is InChI=1S/C22H35NO6S.Na.H/c1-3-5-7-8-9-10-12-21(24)23-20(11-6-4-2)22(25)29-19-15-13-18(14-16-19)17-30(26,27)28;;/h13-16,20H,3-12,17H2,1-2H3,(H,23,24)(H,26,27,28);;/q;+1;-1. The maximum Gasteiger partial charge on any atom is 1.00 e. The summed E-state index contributed by atoms with van der Waals surface area (Å²) in [6.45, 7) is 4.17. The molecule has 1 rings (SSSR count). The molecule has 172 valence electrons. The van der Waals surface area contributed by atoms with Gasteiger partial charge >= 0.3 is 35.5 Å². The van der Waals surface area contributed by atoms with E-state index in [0.717, 1.165) is 32.1 Å². The van der Waals surface area contributed by atoms with Crippen LogP contribution in [0.3, 0.4) is 0 Å². The minimum absolute atomic E-state index is 0. The number of ether oxygens (including phenoxy) is 1. The number of hydrogen-bond donors (Lipinski definition) is 2. The number of nitrogens with one attached hydrogen (secondary N) is 1. The molecule has 0 fully saturated rings. The van der Waals surface area contributed by atoms with Gasteiger partial charge in [0.25, 0.3) is 10.1 Å². The Morgan fingerprint density at radius 1 is 1.00 bits per heavy atom. The number of hydrogen-bond acceptors (Lipinski definition) is 5. The molecule has 1 atom stereocenters. The van der Waals surface area contributed by atoms with Gasteiger partial charge in [0.1, 0.15) is 17.5 Å². The first-order chi connectivity index (χ1) is 14.2. The fourth-order valence-corrected chi connectivity index (χ4v) is 3.65. The number of unbranched alkanes of at least 4 members (excludes halogenated alkanes) is 6. The summed E-state index contributed by atoms with van der Waals surface area (Å²) in [4.78, 5) is 24.8. The van der Waals surface area contributed by atoms with E-state index in [-0.39, 0.29) is 42.6 Å². The summed E-state index contributed by atoms with van der Waals surface area (Å²) in [6, 6.07) is 5.15. The molecule has 0 saturated carbocycles. The van der Waals surface area contributed by atoms with Crippen LogP contribution in [0, 0.1) is 0 Å².